The molecule has 11 heteroatoms. The summed E-state index contributed by atoms with van der Waals surface area (Å²) in [5, 5.41) is 14.9. The van der Waals surface area contributed by atoms with Gasteiger partial charge in [0.2, 0.25) is 11.8 Å². The Hall–Kier alpha value is -4.12. The van der Waals surface area contributed by atoms with Crippen LogP contribution in [0.15, 0.2) is 42.5 Å². The Balaban J connectivity index is 1.35. The first-order valence-electron chi connectivity index (χ1n) is 13.5. The Labute approximate surface area is 234 Å². The molecule has 4 amide bonds. The molecule has 2 aliphatic rings. The highest BCUT2D eigenvalue weighted by molar-refractivity contribution is 6.01. The topological polar surface area (TPSA) is 132 Å². The summed E-state index contributed by atoms with van der Waals surface area (Å²) in [6, 6.07) is 11.1. The van der Waals surface area contributed by atoms with E-state index in [-0.39, 0.29) is 18.2 Å². The number of rotatable bonds is 8. The van der Waals surface area contributed by atoms with Gasteiger partial charge in [-0.3, -0.25) is 19.3 Å². The van der Waals surface area contributed by atoms with Crippen molar-refractivity contribution in [3.8, 4) is 5.75 Å². The molecule has 0 aromatic heterocycles. The number of piperazine rings is 1. The molecule has 2 aliphatic heterocycles. The summed E-state index contributed by atoms with van der Waals surface area (Å²) in [4.78, 5) is 55.7. The van der Waals surface area contributed by atoms with Crippen molar-refractivity contribution < 1.29 is 29.0 Å². The normalized spacial score (nSPS) is 18.2. The first kappa shape index (κ1) is 28.9. The summed E-state index contributed by atoms with van der Waals surface area (Å²) in [5.41, 5.74) is 2.82. The first-order valence-corrected chi connectivity index (χ1v) is 13.5. The lowest BCUT2D eigenvalue weighted by atomic mass is 10.1. The number of carboxylic acid groups (broad SMARTS) is 1. The molecule has 1 unspecified atom stereocenters. The number of carboxylic acids is 1. The Morgan fingerprint density at radius 2 is 1.70 bits per heavy atom. The number of hydrogen-bond donors (Lipinski definition) is 3. The van der Waals surface area contributed by atoms with Gasteiger partial charge in [0.05, 0.1) is 19.2 Å². The van der Waals surface area contributed by atoms with E-state index in [1.165, 1.54) is 7.11 Å². The van der Waals surface area contributed by atoms with Gasteiger partial charge in [-0.15, -0.1) is 0 Å². The summed E-state index contributed by atoms with van der Waals surface area (Å²) >= 11 is 0. The average Bonchev–Trinajstić information content (AvgIpc) is 3.44. The fourth-order valence-corrected chi connectivity index (χ4v) is 5.23. The maximum atomic E-state index is 13.3. The van der Waals surface area contributed by atoms with Crippen molar-refractivity contribution >= 4 is 35.2 Å². The summed E-state index contributed by atoms with van der Waals surface area (Å²) in [5.74, 6) is -0.676. The van der Waals surface area contributed by atoms with Crippen LogP contribution < -0.4 is 15.4 Å². The zero-order chi connectivity index (χ0) is 28.8. The Bertz CT molecular complexity index is 1260. The molecular weight excluding hydrogens is 514 g/mol. The number of hydrogen-bond acceptors (Lipinski definition) is 6. The van der Waals surface area contributed by atoms with E-state index in [1.54, 1.807) is 34.9 Å². The third-order valence-electron chi connectivity index (χ3n) is 7.65. The average molecular weight is 552 g/mol. The molecule has 11 nitrogen and oxygen atoms in total. The third-order valence-corrected chi connectivity index (χ3v) is 7.65. The van der Waals surface area contributed by atoms with Gasteiger partial charge in [0.15, 0.2) is 0 Å². The number of carbonyl (C=O) groups is 4. The highest BCUT2D eigenvalue weighted by Crippen LogP contribution is 2.28. The lowest BCUT2D eigenvalue weighted by Gasteiger charge is -2.38. The molecule has 214 valence electrons. The first-order chi connectivity index (χ1) is 19.2. The number of amides is 4. The Morgan fingerprint density at radius 1 is 1.00 bits per heavy atom. The molecule has 0 saturated carbocycles. The molecule has 40 heavy (non-hydrogen) atoms. The smallest absolute Gasteiger partial charge is 0.323 e. The number of nitrogens with one attached hydrogen (secondary N) is 2. The highest BCUT2D eigenvalue weighted by Gasteiger charge is 2.38. The summed E-state index contributed by atoms with van der Waals surface area (Å²) in [7, 11) is 1.50. The standard InChI is InChI=1S/C29H37N5O6/c1-19-7-4-5-8-22(19)30-29(39)31-23-11-10-21(17-25(23)40-3)18-26(35)34-12-6-9-24(34)27(36)33-15-13-32(14-16-33)20(2)28(37)38/h4-5,7-8,10-11,17,20,24H,6,9,12-16,18H2,1-3H3,(H,37,38)(H2,30,31,39)/t20?,24-/m0/s1. The van der Waals surface area contributed by atoms with Crippen molar-refractivity contribution in [3.63, 3.8) is 0 Å². The van der Waals surface area contributed by atoms with Crippen molar-refractivity contribution in [1.29, 1.82) is 0 Å². The van der Waals surface area contributed by atoms with E-state index in [0.717, 1.165) is 12.0 Å². The second kappa shape index (κ2) is 12.8. The third kappa shape index (κ3) is 6.71. The van der Waals surface area contributed by atoms with Gasteiger partial charge in [-0.1, -0.05) is 24.3 Å². The van der Waals surface area contributed by atoms with Crippen LogP contribution in [0.3, 0.4) is 0 Å². The van der Waals surface area contributed by atoms with E-state index in [2.05, 4.69) is 10.6 Å². The molecule has 2 aromatic rings. The van der Waals surface area contributed by atoms with E-state index in [9.17, 15) is 24.3 Å². The van der Waals surface area contributed by atoms with Gasteiger partial charge in [-0.25, -0.2) is 4.79 Å². The lowest BCUT2D eigenvalue weighted by Crippen LogP contribution is -2.56. The second-order valence-corrected chi connectivity index (χ2v) is 10.2. The zero-order valence-electron chi connectivity index (χ0n) is 23.2. The zero-order valence-corrected chi connectivity index (χ0v) is 23.2. The van der Waals surface area contributed by atoms with Crippen molar-refractivity contribution in [1.82, 2.24) is 14.7 Å². The molecular formula is C29H37N5O6. The number of aliphatic carboxylic acids is 1. The molecule has 0 spiro atoms. The van der Waals surface area contributed by atoms with Crippen LogP contribution in [0.25, 0.3) is 0 Å². The Morgan fingerprint density at radius 3 is 2.38 bits per heavy atom. The number of anilines is 2. The van der Waals surface area contributed by atoms with Gasteiger partial charge < -0.3 is 30.3 Å². The van der Waals surface area contributed by atoms with Crippen LogP contribution in [0.1, 0.15) is 30.9 Å². The van der Waals surface area contributed by atoms with Crippen LogP contribution >= 0.6 is 0 Å². The number of ether oxygens (including phenoxy) is 1. The molecule has 2 atom stereocenters. The van der Waals surface area contributed by atoms with Crippen LogP contribution in [0, 0.1) is 6.92 Å². The lowest BCUT2D eigenvalue weighted by molar-refractivity contribution is -0.147. The molecule has 2 heterocycles. The van der Waals surface area contributed by atoms with Gasteiger partial charge in [-0.05, 0) is 56.0 Å². The van der Waals surface area contributed by atoms with Gasteiger partial charge >= 0.3 is 12.0 Å². The number of para-hydroxylation sites is 1. The minimum absolute atomic E-state index is 0.0785. The predicted octanol–water partition coefficient (Wildman–Crippen LogP) is 2.80. The van der Waals surface area contributed by atoms with Gasteiger partial charge in [0.1, 0.15) is 17.8 Å². The number of urea groups is 1. The molecule has 4 rings (SSSR count). The van der Waals surface area contributed by atoms with E-state index in [1.807, 2.05) is 36.1 Å². The van der Waals surface area contributed by atoms with Crippen molar-refractivity contribution in [2.75, 3.05) is 50.5 Å². The maximum Gasteiger partial charge on any atom is 0.323 e. The monoisotopic (exact) mass is 551 g/mol. The number of benzene rings is 2. The largest absolute Gasteiger partial charge is 0.495 e. The number of aryl methyl sites for hydroxylation is 1. The summed E-state index contributed by atoms with van der Waals surface area (Å²) in [6.07, 6.45) is 1.46. The molecule has 3 N–H and O–H groups in total. The number of nitrogens with zero attached hydrogens (tertiary/aromatic N) is 3. The van der Waals surface area contributed by atoms with Crippen LogP contribution in [0.2, 0.25) is 0 Å². The molecule has 0 bridgehead atoms. The van der Waals surface area contributed by atoms with Crippen molar-refractivity contribution in [2.45, 2.75) is 45.2 Å². The van der Waals surface area contributed by atoms with Crippen LogP contribution in [0.4, 0.5) is 16.2 Å². The van der Waals surface area contributed by atoms with Crippen molar-refractivity contribution in [2.24, 2.45) is 0 Å². The van der Waals surface area contributed by atoms with E-state index < -0.39 is 24.1 Å². The number of methoxy groups -OCH3 is 1. The van der Waals surface area contributed by atoms with Gasteiger partial charge in [0, 0.05) is 38.4 Å². The van der Waals surface area contributed by atoms with E-state index in [0.29, 0.717) is 61.8 Å². The molecule has 0 aliphatic carbocycles. The molecule has 2 aromatic carbocycles. The molecule has 2 fully saturated rings. The van der Waals surface area contributed by atoms with E-state index in [4.69, 9.17) is 4.74 Å². The number of likely N-dealkylation sites (tertiary alicyclic amines) is 1. The van der Waals surface area contributed by atoms with Gasteiger partial charge in [0.25, 0.3) is 0 Å². The number of carbonyl (C=O) groups excluding carboxylic acids is 3. The van der Waals surface area contributed by atoms with Crippen LogP contribution in [-0.4, -0.2) is 95.5 Å². The quantitative estimate of drug-likeness (QED) is 0.460. The fraction of sp³-hybridized carbons (Fsp3) is 0.448. The second-order valence-electron chi connectivity index (χ2n) is 10.2. The summed E-state index contributed by atoms with van der Waals surface area (Å²) in [6.45, 7) is 5.93. The maximum absolute atomic E-state index is 13.3. The fourth-order valence-electron chi connectivity index (χ4n) is 5.23. The molecule has 2 saturated heterocycles. The van der Waals surface area contributed by atoms with Crippen LogP contribution in [0.5, 0.6) is 5.75 Å². The predicted molar refractivity (Wildman–Crippen MR) is 151 cm³/mol. The van der Waals surface area contributed by atoms with Crippen LogP contribution in [-0.2, 0) is 20.8 Å². The Kier molecular flexibility index (Phi) is 9.26. The molecule has 0 radical (unpaired) electrons. The highest BCUT2D eigenvalue weighted by atomic mass is 16.5. The van der Waals surface area contributed by atoms with E-state index >= 15 is 0 Å². The van der Waals surface area contributed by atoms with Crippen molar-refractivity contribution in [3.05, 3.63) is 53.6 Å². The minimum Gasteiger partial charge on any atom is -0.495 e. The minimum atomic E-state index is -0.877. The van der Waals surface area contributed by atoms with Gasteiger partial charge in [-0.2, -0.15) is 0 Å². The SMILES string of the molecule is COc1cc(CC(=O)N2CCC[C@H]2C(=O)N2CCN(C(C)C(=O)O)CC2)ccc1NC(=O)Nc1ccccc1C. The summed E-state index contributed by atoms with van der Waals surface area (Å²) < 4.78 is 5.48.